The Bertz CT molecular complexity index is 3140. The van der Waals surface area contributed by atoms with Crippen molar-refractivity contribution in [2.24, 2.45) is 0 Å². The molecule has 2 fully saturated rings. The Kier molecular flexibility index (Phi) is 13.0. The molecule has 0 atom stereocenters. The standard InChI is InChI=1S/C46H45BrClF3N14O3/c1-24(22-64-35-10-9-32(48)37(51)39(35)58-36(64)21-53-45-60-46(63-13-11-61(3)12-14-63)59-42-31(47)20-56-65(42)45)44(67)62(4)15-16-68-40-38(54-23-55-41(40)52)30-18-28(49)19-34(25(30)2)57-43(66)29-8-7-27(17-33(29)50)26-5-6-26/h7-10,17-20,23,26H,1,5-6,11-16,21-22H2,2-4H3,(H,57,66)(H2,52,54,55)(H,53,59,60). The van der Waals surface area contributed by atoms with E-state index in [1.54, 1.807) is 41.4 Å². The normalized spacial score (nSPS) is 14.1. The van der Waals surface area contributed by atoms with Crippen molar-refractivity contribution in [1.29, 1.82) is 0 Å². The number of nitrogens with zero attached hydrogens (tertiary/aromatic N) is 11. The first-order valence-corrected chi connectivity index (χ1v) is 22.8. The average Bonchev–Trinajstić information content (AvgIpc) is 4.03. The van der Waals surface area contributed by atoms with Crippen molar-refractivity contribution in [1.82, 2.24) is 48.9 Å². The van der Waals surface area contributed by atoms with Crippen LogP contribution in [0.4, 0.5) is 36.6 Å². The van der Waals surface area contributed by atoms with Crippen molar-refractivity contribution in [2.75, 3.05) is 74.7 Å². The number of likely N-dealkylation sites (N-methyl/N-ethyl adjacent to an activating group) is 2. The largest absolute Gasteiger partial charge is 0.486 e. The van der Waals surface area contributed by atoms with Gasteiger partial charge in [0.05, 0.1) is 46.4 Å². The molecule has 0 bridgehead atoms. The zero-order valence-corrected chi connectivity index (χ0v) is 39.5. The maximum Gasteiger partial charge on any atom is 0.258 e. The first kappa shape index (κ1) is 46.3. The molecular formula is C46H45BrClF3N14O3. The third kappa shape index (κ3) is 9.37. The zero-order chi connectivity index (χ0) is 48.0. The summed E-state index contributed by atoms with van der Waals surface area (Å²) in [5.41, 5.74) is 8.88. The van der Waals surface area contributed by atoms with E-state index < -0.39 is 29.3 Å². The first-order chi connectivity index (χ1) is 32.6. The van der Waals surface area contributed by atoms with E-state index in [0.717, 1.165) is 50.7 Å². The van der Waals surface area contributed by atoms with E-state index >= 15 is 13.2 Å². The summed E-state index contributed by atoms with van der Waals surface area (Å²) < 4.78 is 55.7. The van der Waals surface area contributed by atoms with Gasteiger partial charge in [-0.3, -0.25) is 9.59 Å². The van der Waals surface area contributed by atoms with Crippen molar-refractivity contribution in [2.45, 2.75) is 38.8 Å². The highest BCUT2D eigenvalue weighted by molar-refractivity contribution is 9.10. The number of aromatic nitrogens is 8. The Morgan fingerprint density at radius 3 is 2.57 bits per heavy atom. The van der Waals surface area contributed by atoms with Gasteiger partial charge in [0.15, 0.2) is 23.0 Å². The van der Waals surface area contributed by atoms with Crippen LogP contribution in [0.3, 0.4) is 0 Å². The van der Waals surface area contributed by atoms with Crippen LogP contribution in [0.25, 0.3) is 27.9 Å². The summed E-state index contributed by atoms with van der Waals surface area (Å²) in [6.45, 7) is 8.79. The van der Waals surface area contributed by atoms with Crippen LogP contribution in [0.2, 0.25) is 5.02 Å². The predicted molar refractivity (Wildman–Crippen MR) is 255 cm³/mol. The van der Waals surface area contributed by atoms with E-state index in [1.807, 2.05) is 0 Å². The maximum atomic E-state index is 15.5. The molecule has 4 aromatic heterocycles. The molecule has 2 amide bonds. The van der Waals surface area contributed by atoms with Crippen molar-refractivity contribution >= 4 is 79.4 Å². The van der Waals surface area contributed by atoms with Gasteiger partial charge in [0.25, 0.3) is 11.8 Å². The van der Waals surface area contributed by atoms with E-state index in [2.05, 4.69) is 70.0 Å². The molecule has 1 saturated heterocycles. The van der Waals surface area contributed by atoms with Gasteiger partial charge in [0.1, 0.15) is 41.6 Å². The Labute approximate surface area is 401 Å². The number of fused-ring (bicyclic) bond motifs is 2. The van der Waals surface area contributed by atoms with Crippen LogP contribution in [-0.4, -0.2) is 114 Å². The molecule has 0 unspecified atom stereocenters. The second kappa shape index (κ2) is 19.0. The Balaban J connectivity index is 0.893. The van der Waals surface area contributed by atoms with Gasteiger partial charge in [-0.25, -0.2) is 28.1 Å². The molecular weight excluding hydrogens is 969 g/mol. The number of nitrogen functional groups attached to an aromatic ring is 1. The summed E-state index contributed by atoms with van der Waals surface area (Å²) in [6.07, 6.45) is 4.77. The fourth-order valence-corrected chi connectivity index (χ4v) is 8.52. The summed E-state index contributed by atoms with van der Waals surface area (Å²) in [5, 5.41) is 10.3. The van der Waals surface area contributed by atoms with Crippen LogP contribution in [0, 0.1) is 24.4 Å². The van der Waals surface area contributed by atoms with E-state index in [-0.39, 0.29) is 76.4 Å². The first-order valence-electron chi connectivity index (χ1n) is 21.6. The van der Waals surface area contributed by atoms with Crippen LogP contribution in [0.15, 0.2) is 71.6 Å². The predicted octanol–water partition coefficient (Wildman–Crippen LogP) is 7.24. The molecule has 4 N–H and O–H groups in total. The minimum absolute atomic E-state index is 0.0120. The molecule has 1 aliphatic carbocycles. The Morgan fingerprint density at radius 2 is 1.82 bits per heavy atom. The molecule has 352 valence electrons. The number of benzene rings is 3. The van der Waals surface area contributed by atoms with Crippen LogP contribution < -0.4 is 26.0 Å². The number of rotatable bonds is 15. The highest BCUT2D eigenvalue weighted by Crippen LogP contribution is 2.41. The highest BCUT2D eigenvalue weighted by atomic mass is 79.9. The number of piperazine rings is 1. The SMILES string of the molecule is C=C(Cn1c(CNc2nc(N3CCN(C)CC3)nc3c(Br)cnn23)nc2c(F)c(Cl)ccc21)C(=O)N(C)CCOc1c(N)ncnc1-c1cc(F)cc(NC(=O)c2ccc(C3CC3)cc2F)c1C. The fourth-order valence-electron chi connectivity index (χ4n) is 8.02. The minimum atomic E-state index is -0.745. The molecule has 17 nitrogen and oxygen atoms in total. The van der Waals surface area contributed by atoms with Gasteiger partial charge in [0.2, 0.25) is 11.9 Å². The molecule has 1 aliphatic heterocycles. The number of halogens is 5. The Morgan fingerprint density at radius 1 is 1.04 bits per heavy atom. The second-order valence-electron chi connectivity index (χ2n) is 16.8. The third-order valence-electron chi connectivity index (χ3n) is 12.1. The summed E-state index contributed by atoms with van der Waals surface area (Å²) >= 11 is 9.72. The third-order valence-corrected chi connectivity index (χ3v) is 12.9. The second-order valence-corrected chi connectivity index (χ2v) is 18.0. The summed E-state index contributed by atoms with van der Waals surface area (Å²) in [6, 6.07) is 9.91. The summed E-state index contributed by atoms with van der Waals surface area (Å²) in [4.78, 5) is 55.4. The molecule has 68 heavy (non-hydrogen) atoms. The fraction of sp³-hybridized carbons (Fsp3) is 0.304. The highest BCUT2D eigenvalue weighted by Gasteiger charge is 2.27. The number of hydrogen-bond donors (Lipinski definition) is 3. The summed E-state index contributed by atoms with van der Waals surface area (Å²) in [7, 11) is 3.62. The van der Waals surface area contributed by atoms with Gasteiger partial charge in [-0.2, -0.15) is 19.6 Å². The topological polar surface area (TPSA) is 190 Å². The quantitative estimate of drug-likeness (QED) is 0.0873. The van der Waals surface area contributed by atoms with Crippen LogP contribution in [0.5, 0.6) is 5.75 Å². The number of imidazole rings is 1. The van der Waals surface area contributed by atoms with Gasteiger partial charge in [-0.15, -0.1) is 0 Å². The number of hydrogen-bond acceptors (Lipinski definition) is 13. The smallest absolute Gasteiger partial charge is 0.258 e. The van der Waals surface area contributed by atoms with E-state index in [9.17, 15) is 9.59 Å². The lowest BCUT2D eigenvalue weighted by Gasteiger charge is -2.32. The molecule has 5 heterocycles. The maximum absolute atomic E-state index is 15.5. The molecule has 22 heteroatoms. The molecule has 7 aromatic rings. The number of nitrogens with one attached hydrogen (secondary N) is 2. The molecule has 9 rings (SSSR count). The number of amides is 2. The zero-order valence-electron chi connectivity index (χ0n) is 37.2. The number of nitrogens with two attached hydrogens (primary N) is 1. The van der Waals surface area contributed by atoms with E-state index in [4.69, 9.17) is 32.0 Å². The van der Waals surface area contributed by atoms with Crippen molar-refractivity contribution in [3.63, 3.8) is 0 Å². The van der Waals surface area contributed by atoms with Gasteiger partial charge in [-0.05, 0) is 96.2 Å². The molecule has 2 aliphatic rings. The van der Waals surface area contributed by atoms with Crippen LogP contribution in [-0.2, 0) is 17.9 Å². The summed E-state index contributed by atoms with van der Waals surface area (Å²) in [5.74, 6) is -1.77. The molecule has 0 spiro atoms. The molecule has 1 saturated carbocycles. The average molecular weight is 1010 g/mol. The number of ether oxygens (including phenoxy) is 1. The van der Waals surface area contributed by atoms with E-state index in [1.165, 1.54) is 35.5 Å². The van der Waals surface area contributed by atoms with Crippen LogP contribution >= 0.6 is 27.5 Å². The molecule has 3 aromatic carbocycles. The van der Waals surface area contributed by atoms with Crippen molar-refractivity contribution < 1.29 is 27.5 Å². The molecule has 0 radical (unpaired) electrons. The monoisotopic (exact) mass is 1010 g/mol. The lowest BCUT2D eigenvalue weighted by molar-refractivity contribution is -0.126. The Hall–Kier alpha value is -6.84. The van der Waals surface area contributed by atoms with Gasteiger partial charge >= 0.3 is 0 Å². The van der Waals surface area contributed by atoms with Gasteiger partial charge in [0, 0.05) is 50.1 Å². The van der Waals surface area contributed by atoms with Gasteiger partial charge in [-0.1, -0.05) is 24.2 Å². The lowest BCUT2D eigenvalue weighted by atomic mass is 10.0. The van der Waals surface area contributed by atoms with Crippen molar-refractivity contribution in [3.8, 4) is 17.0 Å². The van der Waals surface area contributed by atoms with Crippen molar-refractivity contribution in [3.05, 3.63) is 117 Å². The lowest BCUT2D eigenvalue weighted by Crippen LogP contribution is -2.45. The minimum Gasteiger partial charge on any atom is -0.486 e. The van der Waals surface area contributed by atoms with E-state index in [0.29, 0.717) is 44.8 Å². The van der Waals surface area contributed by atoms with Gasteiger partial charge < -0.3 is 40.4 Å². The number of anilines is 4. The van der Waals surface area contributed by atoms with Crippen LogP contribution in [0.1, 0.15) is 46.1 Å². The number of carbonyl (C=O) groups excluding carboxylic acids is 2. The number of carbonyl (C=O) groups is 2.